The van der Waals surface area contributed by atoms with E-state index in [1.54, 1.807) is 48.5 Å². The number of hydrogen-bond donors (Lipinski definition) is 1. The number of nitrogens with one attached hydrogen (secondary N) is 1. The maximum absolute atomic E-state index is 13.2. The van der Waals surface area contributed by atoms with Crippen molar-refractivity contribution in [1.29, 1.82) is 0 Å². The van der Waals surface area contributed by atoms with Gasteiger partial charge in [-0.25, -0.2) is 16.8 Å². The fourth-order valence-corrected chi connectivity index (χ4v) is 7.50. The molecule has 164 valence electrons. The molecule has 0 saturated heterocycles. The van der Waals surface area contributed by atoms with E-state index in [9.17, 15) is 16.8 Å². The lowest BCUT2D eigenvalue weighted by Gasteiger charge is -2.31. The molecular weight excluding hydrogens is 452 g/mol. The van der Waals surface area contributed by atoms with Crippen LogP contribution < -0.4 is 9.03 Å². The normalized spacial score (nSPS) is 14.3. The molecule has 9 heteroatoms. The maximum atomic E-state index is 13.2. The van der Waals surface area contributed by atoms with Crippen molar-refractivity contribution in [2.45, 2.75) is 42.2 Å². The average molecular weight is 477 g/mol. The lowest BCUT2D eigenvalue weighted by atomic mass is 10.0. The molecule has 2 aromatic carbocycles. The van der Waals surface area contributed by atoms with Gasteiger partial charge in [-0.15, -0.1) is 11.3 Å². The highest BCUT2D eigenvalue weighted by Crippen LogP contribution is 2.34. The van der Waals surface area contributed by atoms with E-state index < -0.39 is 20.0 Å². The summed E-state index contributed by atoms with van der Waals surface area (Å²) in [5.74, 6) is 0. The molecular formula is C22H24N2O4S3. The molecule has 0 saturated carbocycles. The zero-order valence-corrected chi connectivity index (χ0v) is 19.8. The summed E-state index contributed by atoms with van der Waals surface area (Å²) in [5, 5.41) is 0. The first kappa shape index (κ1) is 21.9. The molecule has 4 rings (SSSR count). The molecule has 1 aliphatic rings. The molecule has 6 nitrogen and oxygen atoms in total. The van der Waals surface area contributed by atoms with Crippen LogP contribution in [0.15, 0.2) is 63.7 Å². The zero-order valence-electron chi connectivity index (χ0n) is 17.3. The summed E-state index contributed by atoms with van der Waals surface area (Å²) < 4.78 is 56.2. The third-order valence-electron chi connectivity index (χ3n) is 5.27. The topological polar surface area (TPSA) is 83.6 Å². The number of fused-ring (bicyclic) bond motifs is 1. The molecule has 3 aromatic rings. The largest absolute Gasteiger partial charge is 0.279 e. The quantitative estimate of drug-likeness (QED) is 0.565. The number of anilines is 2. The third kappa shape index (κ3) is 4.35. The number of benzene rings is 2. The number of hydrogen-bond acceptors (Lipinski definition) is 5. The Hall–Kier alpha value is -2.36. The lowest BCUT2D eigenvalue weighted by molar-refractivity contribution is 0.586. The van der Waals surface area contributed by atoms with Crippen molar-refractivity contribution in [3.8, 4) is 0 Å². The minimum absolute atomic E-state index is 0.250. The van der Waals surface area contributed by atoms with E-state index in [-0.39, 0.29) is 9.10 Å². The van der Waals surface area contributed by atoms with Gasteiger partial charge in [0.2, 0.25) is 0 Å². The Morgan fingerprint density at radius 1 is 1.00 bits per heavy atom. The fraction of sp³-hybridized carbons (Fsp3) is 0.273. The van der Waals surface area contributed by atoms with Gasteiger partial charge in [-0.1, -0.05) is 24.6 Å². The number of rotatable bonds is 6. The van der Waals surface area contributed by atoms with E-state index >= 15 is 0 Å². The third-order valence-corrected chi connectivity index (χ3v) is 10.2. The van der Waals surface area contributed by atoms with Crippen molar-refractivity contribution in [3.63, 3.8) is 0 Å². The van der Waals surface area contributed by atoms with Crippen LogP contribution in [0, 0.1) is 6.92 Å². The summed E-state index contributed by atoms with van der Waals surface area (Å²) in [5.41, 5.74) is 2.83. The molecule has 0 amide bonds. The van der Waals surface area contributed by atoms with E-state index in [4.69, 9.17) is 0 Å². The van der Waals surface area contributed by atoms with Crippen LogP contribution in [-0.2, 0) is 32.9 Å². The first-order valence-electron chi connectivity index (χ1n) is 10.0. The van der Waals surface area contributed by atoms with Gasteiger partial charge in [0.25, 0.3) is 20.0 Å². The fourth-order valence-electron chi connectivity index (χ4n) is 3.61. The maximum Gasteiger partial charge on any atom is 0.271 e. The number of thiophene rings is 1. The van der Waals surface area contributed by atoms with Gasteiger partial charge in [0.15, 0.2) is 0 Å². The molecule has 0 radical (unpaired) electrons. The van der Waals surface area contributed by atoms with Crippen molar-refractivity contribution in [2.24, 2.45) is 0 Å². The Bertz CT molecular complexity index is 1310. The predicted octanol–water partition coefficient (Wildman–Crippen LogP) is 4.56. The summed E-state index contributed by atoms with van der Waals surface area (Å²) in [6.07, 6.45) is 2.13. The number of aryl methyl sites for hydroxylation is 3. The molecule has 1 aromatic heterocycles. The molecule has 0 spiro atoms. The lowest BCUT2D eigenvalue weighted by Crippen LogP contribution is -2.35. The number of sulfonamides is 2. The SMILES string of the molecule is CCc1ccc(S(=O)(=O)Nc2ccc3c(c2)CCCN3S(=O)(=O)c2ccc(C)cc2)s1. The highest BCUT2D eigenvalue weighted by molar-refractivity contribution is 7.94. The van der Waals surface area contributed by atoms with Gasteiger partial charge in [-0.2, -0.15) is 0 Å². The molecule has 0 aliphatic carbocycles. The summed E-state index contributed by atoms with van der Waals surface area (Å²) in [6, 6.07) is 15.3. The van der Waals surface area contributed by atoms with Gasteiger partial charge >= 0.3 is 0 Å². The molecule has 1 N–H and O–H groups in total. The highest BCUT2D eigenvalue weighted by atomic mass is 32.2. The van der Waals surface area contributed by atoms with Crippen LogP contribution in [0.2, 0.25) is 0 Å². The average Bonchev–Trinajstić information content (AvgIpc) is 3.23. The van der Waals surface area contributed by atoms with E-state index in [2.05, 4.69) is 4.72 Å². The molecule has 1 aliphatic heterocycles. The van der Waals surface area contributed by atoms with Crippen LogP contribution in [0.25, 0.3) is 0 Å². The molecule has 0 bridgehead atoms. The van der Waals surface area contributed by atoms with Gasteiger partial charge in [-0.05, 0) is 74.2 Å². The summed E-state index contributed by atoms with van der Waals surface area (Å²) in [4.78, 5) is 1.25. The van der Waals surface area contributed by atoms with Gasteiger partial charge in [0.1, 0.15) is 4.21 Å². The standard InChI is InChI=1S/C22H24N2O4S3/c1-3-19-9-13-22(29-19)30(25,26)23-18-8-12-21-17(15-18)5-4-14-24(21)31(27,28)20-10-6-16(2)7-11-20/h6-13,15,23H,3-5,14H2,1-2H3. The van der Waals surface area contributed by atoms with Crippen LogP contribution >= 0.6 is 11.3 Å². The summed E-state index contributed by atoms with van der Waals surface area (Å²) in [7, 11) is -7.37. The Labute approximate surface area is 187 Å². The van der Waals surface area contributed by atoms with Crippen LogP contribution in [0.3, 0.4) is 0 Å². The smallest absolute Gasteiger partial charge is 0.271 e. The Morgan fingerprint density at radius 2 is 1.74 bits per heavy atom. The minimum atomic E-state index is -3.69. The highest BCUT2D eigenvalue weighted by Gasteiger charge is 2.29. The van der Waals surface area contributed by atoms with Gasteiger partial charge in [-0.3, -0.25) is 9.03 Å². The van der Waals surface area contributed by atoms with E-state index in [0.717, 1.165) is 22.4 Å². The molecule has 0 fully saturated rings. The van der Waals surface area contributed by atoms with Crippen molar-refractivity contribution in [3.05, 3.63) is 70.6 Å². The van der Waals surface area contributed by atoms with Gasteiger partial charge in [0, 0.05) is 17.1 Å². The van der Waals surface area contributed by atoms with Crippen molar-refractivity contribution in [2.75, 3.05) is 15.6 Å². The van der Waals surface area contributed by atoms with Crippen molar-refractivity contribution >= 4 is 42.8 Å². The minimum Gasteiger partial charge on any atom is -0.279 e. The molecule has 31 heavy (non-hydrogen) atoms. The van der Waals surface area contributed by atoms with Crippen molar-refractivity contribution in [1.82, 2.24) is 0 Å². The predicted molar refractivity (Wildman–Crippen MR) is 125 cm³/mol. The van der Waals surface area contributed by atoms with E-state index in [1.807, 2.05) is 19.9 Å². The van der Waals surface area contributed by atoms with E-state index in [1.165, 1.54) is 15.6 Å². The Balaban J connectivity index is 1.63. The second-order valence-corrected chi connectivity index (χ2v) is 12.5. The monoisotopic (exact) mass is 476 g/mol. The molecule has 2 heterocycles. The van der Waals surface area contributed by atoms with Crippen LogP contribution in [0.1, 0.15) is 29.3 Å². The summed E-state index contributed by atoms with van der Waals surface area (Å²) >= 11 is 1.25. The zero-order chi connectivity index (χ0) is 22.2. The van der Waals surface area contributed by atoms with Crippen LogP contribution in [-0.4, -0.2) is 23.4 Å². The molecule has 0 atom stereocenters. The van der Waals surface area contributed by atoms with Gasteiger partial charge in [0.05, 0.1) is 10.6 Å². The van der Waals surface area contributed by atoms with E-state index in [0.29, 0.717) is 30.8 Å². The second kappa shape index (κ2) is 8.29. The van der Waals surface area contributed by atoms with Crippen LogP contribution in [0.5, 0.6) is 0 Å². The van der Waals surface area contributed by atoms with Gasteiger partial charge < -0.3 is 0 Å². The van der Waals surface area contributed by atoms with Crippen LogP contribution in [0.4, 0.5) is 11.4 Å². The first-order chi connectivity index (χ1) is 14.7. The molecule has 0 unspecified atom stereocenters. The Kier molecular flexibility index (Phi) is 5.85. The number of nitrogens with zero attached hydrogens (tertiary/aromatic N) is 1. The summed E-state index contributed by atoms with van der Waals surface area (Å²) in [6.45, 7) is 4.28. The van der Waals surface area contributed by atoms with Crippen molar-refractivity contribution < 1.29 is 16.8 Å². The first-order valence-corrected chi connectivity index (χ1v) is 13.8. The second-order valence-electron chi connectivity index (χ2n) is 7.52. The Morgan fingerprint density at radius 3 is 2.42 bits per heavy atom.